The van der Waals surface area contributed by atoms with Crippen molar-refractivity contribution in [2.45, 2.75) is 26.8 Å². The molecule has 0 aliphatic carbocycles. The molecule has 0 aliphatic rings. The summed E-state index contributed by atoms with van der Waals surface area (Å²) in [6.45, 7) is 6.83. The van der Waals surface area contributed by atoms with Crippen LogP contribution in [0.1, 0.15) is 20.8 Å². The number of carbonyl (C=O) groups excluding carboxylic acids is 2. The Hall–Kier alpha value is -1.66. The zero-order chi connectivity index (χ0) is 17.6. The smallest absolute Gasteiger partial charge is 0.241 e. The molecule has 1 aromatic rings. The molecule has 1 N–H and O–H groups in total. The Labute approximate surface area is 141 Å². The van der Waals surface area contributed by atoms with Gasteiger partial charge < -0.3 is 10.2 Å². The molecule has 0 spiro atoms. The minimum Gasteiger partial charge on any atom is -0.342 e. The number of benzene rings is 1. The molecule has 1 rings (SSSR count). The molecule has 0 bridgehead atoms. The fourth-order valence-electron chi connectivity index (χ4n) is 2.06. The molecule has 0 saturated heterocycles. The van der Waals surface area contributed by atoms with Crippen molar-refractivity contribution in [3.8, 4) is 0 Å². The average Bonchev–Trinajstić information content (AvgIpc) is 2.51. The normalized spacial score (nSPS) is 12.1. The topological polar surface area (TPSA) is 52.7 Å². The van der Waals surface area contributed by atoms with Gasteiger partial charge in [-0.1, -0.05) is 11.6 Å². The highest BCUT2D eigenvalue weighted by Gasteiger charge is 2.22. The number of anilines is 1. The van der Waals surface area contributed by atoms with Gasteiger partial charge in [0.15, 0.2) is 0 Å². The molecule has 1 aromatic carbocycles. The average molecular weight is 344 g/mol. The summed E-state index contributed by atoms with van der Waals surface area (Å²) in [5.41, 5.74) is 0.0258. The van der Waals surface area contributed by atoms with Gasteiger partial charge in [0.1, 0.15) is 5.82 Å². The number of likely N-dealkylation sites (N-methyl/N-ethyl adjacent to an activating group) is 2. The second kappa shape index (κ2) is 8.84. The number of carbonyl (C=O) groups is 2. The van der Waals surface area contributed by atoms with Gasteiger partial charge in [0.05, 0.1) is 18.3 Å². The molecular weight excluding hydrogens is 321 g/mol. The fraction of sp³-hybridized carbons (Fsp3) is 0.500. The maximum atomic E-state index is 13.7. The SMILES string of the molecule is CCN(CC)C(=O)CN(C)C(C)C(=O)Nc1cc(Cl)ccc1F. The van der Waals surface area contributed by atoms with Gasteiger partial charge in [0.2, 0.25) is 11.8 Å². The first kappa shape index (κ1) is 19.4. The van der Waals surface area contributed by atoms with Crippen LogP contribution >= 0.6 is 11.6 Å². The fourth-order valence-corrected chi connectivity index (χ4v) is 2.23. The van der Waals surface area contributed by atoms with E-state index in [-0.39, 0.29) is 18.1 Å². The first-order chi connectivity index (χ1) is 10.8. The third kappa shape index (κ3) is 5.48. The Morgan fingerprint density at radius 2 is 1.91 bits per heavy atom. The van der Waals surface area contributed by atoms with Crippen molar-refractivity contribution in [2.24, 2.45) is 0 Å². The standard InChI is InChI=1S/C16H23ClFN3O2/c1-5-21(6-2)15(22)10-20(4)11(3)16(23)19-14-9-12(17)7-8-13(14)18/h7-9,11H,5-6,10H2,1-4H3,(H,19,23). The molecule has 128 valence electrons. The van der Waals surface area contributed by atoms with E-state index in [1.54, 1.807) is 23.8 Å². The highest BCUT2D eigenvalue weighted by atomic mass is 35.5. The number of hydrogen-bond donors (Lipinski definition) is 1. The molecule has 0 fully saturated rings. The van der Waals surface area contributed by atoms with Crippen LogP contribution < -0.4 is 5.32 Å². The van der Waals surface area contributed by atoms with Crippen molar-refractivity contribution < 1.29 is 14.0 Å². The summed E-state index contributed by atoms with van der Waals surface area (Å²) in [7, 11) is 1.68. The van der Waals surface area contributed by atoms with E-state index in [9.17, 15) is 14.0 Å². The third-order valence-electron chi connectivity index (χ3n) is 3.73. The number of nitrogens with one attached hydrogen (secondary N) is 1. The van der Waals surface area contributed by atoms with Crippen LogP contribution in [0.2, 0.25) is 5.02 Å². The van der Waals surface area contributed by atoms with Crippen LogP contribution in [0.5, 0.6) is 0 Å². The van der Waals surface area contributed by atoms with E-state index < -0.39 is 17.8 Å². The predicted octanol–water partition coefficient (Wildman–Crippen LogP) is 2.61. The molecule has 23 heavy (non-hydrogen) atoms. The van der Waals surface area contributed by atoms with Gasteiger partial charge in [-0.2, -0.15) is 0 Å². The van der Waals surface area contributed by atoms with Crippen LogP contribution in [-0.4, -0.2) is 54.3 Å². The first-order valence-corrected chi connectivity index (χ1v) is 7.91. The number of rotatable bonds is 7. The monoisotopic (exact) mass is 343 g/mol. The van der Waals surface area contributed by atoms with Gasteiger partial charge in [0, 0.05) is 18.1 Å². The first-order valence-electron chi connectivity index (χ1n) is 7.54. The molecule has 5 nitrogen and oxygen atoms in total. The predicted molar refractivity (Wildman–Crippen MR) is 90.1 cm³/mol. The second-order valence-electron chi connectivity index (χ2n) is 5.27. The maximum Gasteiger partial charge on any atom is 0.241 e. The minimum atomic E-state index is -0.590. The van der Waals surface area contributed by atoms with Gasteiger partial charge in [-0.3, -0.25) is 14.5 Å². The van der Waals surface area contributed by atoms with Crippen molar-refractivity contribution >= 4 is 29.1 Å². The minimum absolute atomic E-state index is 0.0258. The van der Waals surface area contributed by atoms with Gasteiger partial charge in [0.25, 0.3) is 0 Å². The Balaban J connectivity index is 2.68. The Morgan fingerprint density at radius 1 is 1.30 bits per heavy atom. The molecule has 2 amide bonds. The number of nitrogens with zero attached hydrogens (tertiary/aromatic N) is 2. The van der Waals surface area contributed by atoms with Gasteiger partial charge in [-0.05, 0) is 46.0 Å². The number of halogens is 2. The third-order valence-corrected chi connectivity index (χ3v) is 3.96. The molecule has 0 aliphatic heterocycles. The summed E-state index contributed by atoms with van der Waals surface area (Å²) in [5.74, 6) is -1.01. The summed E-state index contributed by atoms with van der Waals surface area (Å²) in [4.78, 5) is 27.6. The highest BCUT2D eigenvalue weighted by molar-refractivity contribution is 6.30. The lowest BCUT2D eigenvalue weighted by Crippen LogP contribution is -2.46. The lowest BCUT2D eigenvalue weighted by Gasteiger charge is -2.26. The Morgan fingerprint density at radius 3 is 2.48 bits per heavy atom. The van der Waals surface area contributed by atoms with Gasteiger partial charge in [-0.25, -0.2) is 4.39 Å². The molecular formula is C16H23ClFN3O2. The van der Waals surface area contributed by atoms with E-state index in [0.29, 0.717) is 18.1 Å². The Kier molecular flexibility index (Phi) is 7.45. The summed E-state index contributed by atoms with van der Waals surface area (Å²) in [6, 6.07) is 3.36. The summed E-state index contributed by atoms with van der Waals surface area (Å²) in [5, 5.41) is 2.83. The Bertz CT molecular complexity index is 564. The van der Waals surface area contributed by atoms with E-state index in [1.807, 2.05) is 13.8 Å². The molecule has 0 saturated carbocycles. The largest absolute Gasteiger partial charge is 0.342 e. The van der Waals surface area contributed by atoms with Gasteiger partial charge >= 0.3 is 0 Å². The lowest BCUT2D eigenvalue weighted by molar-refractivity contribution is -0.133. The zero-order valence-electron chi connectivity index (χ0n) is 13.9. The summed E-state index contributed by atoms with van der Waals surface area (Å²) in [6.07, 6.45) is 0. The quantitative estimate of drug-likeness (QED) is 0.828. The van der Waals surface area contributed by atoms with Crippen LogP contribution in [0.4, 0.5) is 10.1 Å². The maximum absolute atomic E-state index is 13.7. The van der Waals surface area contributed by atoms with Crippen LogP contribution in [-0.2, 0) is 9.59 Å². The van der Waals surface area contributed by atoms with Crippen molar-refractivity contribution in [2.75, 3.05) is 32.0 Å². The van der Waals surface area contributed by atoms with Crippen molar-refractivity contribution in [3.63, 3.8) is 0 Å². The van der Waals surface area contributed by atoms with E-state index in [2.05, 4.69) is 5.32 Å². The molecule has 0 heterocycles. The summed E-state index contributed by atoms with van der Waals surface area (Å²) < 4.78 is 13.7. The van der Waals surface area contributed by atoms with Crippen molar-refractivity contribution in [1.29, 1.82) is 0 Å². The van der Waals surface area contributed by atoms with E-state index >= 15 is 0 Å². The van der Waals surface area contributed by atoms with Crippen molar-refractivity contribution in [1.82, 2.24) is 9.80 Å². The molecule has 7 heteroatoms. The van der Waals surface area contributed by atoms with Gasteiger partial charge in [-0.15, -0.1) is 0 Å². The van der Waals surface area contributed by atoms with Crippen LogP contribution in [0, 0.1) is 5.82 Å². The molecule has 0 radical (unpaired) electrons. The number of hydrogen-bond acceptors (Lipinski definition) is 3. The van der Waals surface area contributed by atoms with Crippen molar-refractivity contribution in [3.05, 3.63) is 29.0 Å². The lowest BCUT2D eigenvalue weighted by atomic mass is 10.2. The van der Waals surface area contributed by atoms with E-state index in [4.69, 9.17) is 11.6 Å². The second-order valence-corrected chi connectivity index (χ2v) is 5.71. The zero-order valence-corrected chi connectivity index (χ0v) is 14.7. The molecule has 0 aromatic heterocycles. The van der Waals surface area contributed by atoms with Crippen LogP contribution in [0.25, 0.3) is 0 Å². The van der Waals surface area contributed by atoms with E-state index in [1.165, 1.54) is 18.2 Å². The number of amides is 2. The van der Waals surface area contributed by atoms with Crippen LogP contribution in [0.15, 0.2) is 18.2 Å². The van der Waals surface area contributed by atoms with Crippen LogP contribution in [0.3, 0.4) is 0 Å². The molecule has 1 unspecified atom stereocenters. The van der Waals surface area contributed by atoms with E-state index in [0.717, 1.165) is 0 Å². The molecule has 1 atom stereocenters. The summed E-state index contributed by atoms with van der Waals surface area (Å²) >= 11 is 5.80. The highest BCUT2D eigenvalue weighted by Crippen LogP contribution is 2.20.